The van der Waals surface area contributed by atoms with Gasteiger partial charge in [0.1, 0.15) is 6.10 Å². The fourth-order valence-electron chi connectivity index (χ4n) is 3.37. The lowest BCUT2D eigenvalue weighted by atomic mass is 9.85. The van der Waals surface area contributed by atoms with Crippen LogP contribution in [0.15, 0.2) is 12.7 Å². The summed E-state index contributed by atoms with van der Waals surface area (Å²) >= 11 is 0. The minimum Gasteiger partial charge on any atom is -0.459 e. The van der Waals surface area contributed by atoms with E-state index >= 15 is 0 Å². The zero-order valence-corrected chi connectivity index (χ0v) is 8.72. The molecular formula is C12H16O3. The first-order chi connectivity index (χ1) is 7.28. The van der Waals surface area contributed by atoms with E-state index in [0.717, 1.165) is 24.9 Å². The fraction of sp³-hybridized carbons (Fsp3) is 0.750. The zero-order valence-electron chi connectivity index (χ0n) is 8.72. The Labute approximate surface area is 89.4 Å². The summed E-state index contributed by atoms with van der Waals surface area (Å²) < 4.78 is 10.7. The van der Waals surface area contributed by atoms with Gasteiger partial charge in [-0.25, -0.2) is 4.79 Å². The lowest BCUT2D eigenvalue weighted by Crippen LogP contribution is -2.28. The third-order valence-electron chi connectivity index (χ3n) is 4.12. The number of carbonyl (C=O) groups excluding carboxylic acids is 1. The van der Waals surface area contributed by atoms with Gasteiger partial charge >= 0.3 is 5.97 Å². The predicted octanol–water partition coefficient (Wildman–Crippen LogP) is 1.53. The summed E-state index contributed by atoms with van der Waals surface area (Å²) in [4.78, 5) is 11.1. The number of ether oxygens (including phenoxy) is 2. The lowest BCUT2D eigenvalue weighted by molar-refractivity contribution is -0.145. The first-order valence-electron chi connectivity index (χ1n) is 5.72. The number of fused-ring (bicyclic) bond motifs is 2. The molecule has 2 saturated carbocycles. The normalized spacial score (nSPS) is 46.5. The fourth-order valence-corrected chi connectivity index (χ4v) is 3.37. The summed E-state index contributed by atoms with van der Waals surface area (Å²) in [5, 5.41) is 0. The highest BCUT2D eigenvalue weighted by molar-refractivity contribution is 5.81. The number of esters is 1. The van der Waals surface area contributed by atoms with Crippen LogP contribution in [0.1, 0.15) is 19.3 Å². The van der Waals surface area contributed by atoms with E-state index in [1.54, 1.807) is 0 Å². The van der Waals surface area contributed by atoms with Crippen LogP contribution in [-0.2, 0) is 14.3 Å². The summed E-state index contributed by atoms with van der Waals surface area (Å²) in [6.45, 7) is 4.37. The van der Waals surface area contributed by atoms with Crippen LogP contribution in [0, 0.1) is 17.8 Å². The molecule has 2 aliphatic carbocycles. The number of hydrogen-bond donors (Lipinski definition) is 0. The van der Waals surface area contributed by atoms with Gasteiger partial charge in [-0.15, -0.1) is 0 Å². The smallest absolute Gasteiger partial charge is 0.330 e. The van der Waals surface area contributed by atoms with Crippen LogP contribution in [-0.4, -0.2) is 24.8 Å². The van der Waals surface area contributed by atoms with Gasteiger partial charge < -0.3 is 9.47 Å². The number of hydrogen-bond acceptors (Lipinski definition) is 3. The van der Waals surface area contributed by atoms with E-state index in [1.165, 1.54) is 18.9 Å². The molecule has 1 heterocycles. The van der Waals surface area contributed by atoms with Crippen molar-refractivity contribution in [1.29, 1.82) is 0 Å². The molecule has 5 atom stereocenters. The molecule has 0 aromatic heterocycles. The van der Waals surface area contributed by atoms with Crippen molar-refractivity contribution in [2.24, 2.45) is 17.8 Å². The van der Waals surface area contributed by atoms with Crippen molar-refractivity contribution in [3.63, 3.8) is 0 Å². The van der Waals surface area contributed by atoms with E-state index in [-0.39, 0.29) is 12.1 Å². The highest BCUT2D eigenvalue weighted by Gasteiger charge is 2.52. The summed E-state index contributed by atoms with van der Waals surface area (Å²) in [5.41, 5.74) is 0. The molecule has 3 aliphatic rings. The van der Waals surface area contributed by atoms with Gasteiger partial charge in [0.15, 0.2) is 0 Å². The Balaban J connectivity index is 1.59. The molecule has 0 aromatic rings. The van der Waals surface area contributed by atoms with Crippen molar-refractivity contribution in [2.75, 3.05) is 6.61 Å². The van der Waals surface area contributed by atoms with E-state index in [2.05, 4.69) is 6.58 Å². The van der Waals surface area contributed by atoms with Gasteiger partial charge in [0.25, 0.3) is 0 Å². The molecule has 1 saturated heterocycles. The molecule has 0 spiro atoms. The maximum Gasteiger partial charge on any atom is 0.330 e. The van der Waals surface area contributed by atoms with Gasteiger partial charge in [0.05, 0.1) is 12.7 Å². The molecule has 2 bridgehead atoms. The topological polar surface area (TPSA) is 38.8 Å². The van der Waals surface area contributed by atoms with Gasteiger partial charge in [-0.05, 0) is 37.0 Å². The number of carbonyl (C=O) groups is 1. The summed E-state index contributed by atoms with van der Waals surface area (Å²) in [6, 6.07) is 0. The molecule has 3 fully saturated rings. The molecule has 0 aromatic carbocycles. The molecular weight excluding hydrogens is 192 g/mol. The maximum absolute atomic E-state index is 11.1. The van der Waals surface area contributed by atoms with Crippen molar-refractivity contribution < 1.29 is 14.3 Å². The average Bonchev–Trinajstić information content (AvgIpc) is 2.91. The molecule has 0 radical (unpaired) electrons. The van der Waals surface area contributed by atoms with E-state index in [1.807, 2.05) is 0 Å². The SMILES string of the molecule is C=CC(=O)OC1CC2CC1CC2C1CO1. The van der Waals surface area contributed by atoms with Crippen LogP contribution in [0.2, 0.25) is 0 Å². The van der Waals surface area contributed by atoms with E-state index in [9.17, 15) is 4.79 Å². The average molecular weight is 208 g/mol. The predicted molar refractivity (Wildman–Crippen MR) is 54.1 cm³/mol. The number of epoxide rings is 1. The van der Waals surface area contributed by atoms with Gasteiger partial charge in [-0.2, -0.15) is 0 Å². The second-order valence-electron chi connectivity index (χ2n) is 4.94. The quantitative estimate of drug-likeness (QED) is 0.401. The van der Waals surface area contributed by atoms with E-state index in [0.29, 0.717) is 12.0 Å². The number of rotatable bonds is 3. The molecule has 3 nitrogen and oxygen atoms in total. The molecule has 1 aliphatic heterocycles. The second kappa shape index (κ2) is 3.34. The molecule has 5 unspecified atom stereocenters. The molecule has 82 valence electrons. The van der Waals surface area contributed by atoms with E-state index in [4.69, 9.17) is 9.47 Å². The van der Waals surface area contributed by atoms with Gasteiger partial charge in [0, 0.05) is 6.08 Å². The van der Waals surface area contributed by atoms with Crippen LogP contribution in [0.25, 0.3) is 0 Å². The largest absolute Gasteiger partial charge is 0.459 e. The van der Waals surface area contributed by atoms with Crippen LogP contribution in [0.5, 0.6) is 0 Å². The summed E-state index contributed by atoms with van der Waals surface area (Å²) in [6.07, 6.45) is 5.37. The molecule has 3 heteroatoms. The van der Waals surface area contributed by atoms with Crippen molar-refractivity contribution in [3.8, 4) is 0 Å². The standard InChI is InChI=1S/C12H16O3/c1-2-12(13)15-10-5-7-3-8(10)4-9(7)11-6-14-11/h2,7-11H,1,3-6H2. The van der Waals surface area contributed by atoms with Crippen LogP contribution in [0.4, 0.5) is 0 Å². The maximum atomic E-state index is 11.1. The Kier molecular flexibility index (Phi) is 2.09. The Morgan fingerprint density at radius 2 is 2.13 bits per heavy atom. The zero-order chi connectivity index (χ0) is 10.4. The first-order valence-corrected chi connectivity index (χ1v) is 5.72. The third-order valence-corrected chi connectivity index (χ3v) is 4.12. The van der Waals surface area contributed by atoms with Crippen molar-refractivity contribution in [1.82, 2.24) is 0 Å². The van der Waals surface area contributed by atoms with Crippen LogP contribution >= 0.6 is 0 Å². The lowest BCUT2D eigenvalue weighted by Gasteiger charge is -2.26. The Morgan fingerprint density at radius 3 is 2.67 bits per heavy atom. The monoisotopic (exact) mass is 208 g/mol. The van der Waals surface area contributed by atoms with Crippen LogP contribution in [0.3, 0.4) is 0 Å². The second-order valence-corrected chi connectivity index (χ2v) is 4.94. The van der Waals surface area contributed by atoms with Gasteiger partial charge in [-0.3, -0.25) is 0 Å². The van der Waals surface area contributed by atoms with Crippen molar-refractivity contribution in [3.05, 3.63) is 12.7 Å². The Hall–Kier alpha value is -0.830. The molecule has 3 rings (SSSR count). The first kappa shape index (κ1) is 9.40. The highest BCUT2D eigenvalue weighted by atomic mass is 16.6. The molecule has 15 heavy (non-hydrogen) atoms. The summed E-state index contributed by atoms with van der Waals surface area (Å²) in [5.74, 6) is 1.78. The molecule has 0 N–H and O–H groups in total. The van der Waals surface area contributed by atoms with Crippen molar-refractivity contribution in [2.45, 2.75) is 31.5 Å². The summed E-state index contributed by atoms with van der Waals surface area (Å²) in [7, 11) is 0. The Bertz CT molecular complexity index is 295. The van der Waals surface area contributed by atoms with E-state index < -0.39 is 0 Å². The van der Waals surface area contributed by atoms with Gasteiger partial charge in [-0.1, -0.05) is 6.58 Å². The minimum atomic E-state index is -0.272. The van der Waals surface area contributed by atoms with Crippen LogP contribution < -0.4 is 0 Å². The third kappa shape index (κ3) is 1.59. The Morgan fingerprint density at radius 1 is 1.33 bits per heavy atom. The molecule has 0 amide bonds. The minimum absolute atomic E-state index is 0.149. The highest BCUT2D eigenvalue weighted by Crippen LogP contribution is 2.53. The van der Waals surface area contributed by atoms with Gasteiger partial charge in [0.2, 0.25) is 0 Å². The van der Waals surface area contributed by atoms with Crippen molar-refractivity contribution >= 4 is 5.97 Å².